The number of nitrogens with zero attached hydrogens (tertiary/aromatic N) is 4. The molecule has 75 heavy (non-hydrogen) atoms. The molecule has 2 N–H and O–H groups in total. The van der Waals surface area contributed by atoms with Crippen LogP contribution in [-0.2, 0) is 18.9 Å². The Hall–Kier alpha value is -7.38. The molecular formula is C60H47BrCl4N4O6. The lowest BCUT2D eigenvalue weighted by Crippen LogP contribution is -2.00. The number of carbonyl (C=O) groups is 2. The average Bonchev–Trinajstić information content (AvgIpc) is 3.95. The van der Waals surface area contributed by atoms with Crippen LogP contribution in [0.25, 0.3) is 69.1 Å². The van der Waals surface area contributed by atoms with E-state index in [0.717, 1.165) is 79.7 Å². The molecule has 0 unspecified atom stereocenters. The van der Waals surface area contributed by atoms with Crippen LogP contribution in [-0.4, -0.2) is 47.9 Å². The lowest BCUT2D eigenvalue weighted by atomic mass is 10.0. The largest absolute Gasteiger partial charge is 0.494 e. The van der Waals surface area contributed by atoms with Crippen molar-refractivity contribution in [3.63, 3.8) is 0 Å². The lowest BCUT2D eigenvalue weighted by molar-refractivity contribution is -0.137. The number of hydrogen-bond donors (Lipinski definition) is 2. The van der Waals surface area contributed by atoms with Crippen molar-refractivity contribution in [1.82, 2.24) is 19.1 Å². The molecule has 0 aliphatic carbocycles. The monoisotopic (exact) mass is 1140 g/mol. The minimum atomic E-state index is -0.996. The van der Waals surface area contributed by atoms with Crippen LogP contribution >= 0.6 is 62.3 Å². The second-order valence-electron chi connectivity index (χ2n) is 17.1. The summed E-state index contributed by atoms with van der Waals surface area (Å²) < 4.78 is 16.0. The molecule has 0 aliphatic rings. The van der Waals surface area contributed by atoms with E-state index in [-0.39, 0.29) is 12.0 Å². The Bertz CT molecular complexity index is 3520. The number of aryl methyl sites for hydroxylation is 2. The molecule has 2 heterocycles. The zero-order valence-corrected chi connectivity index (χ0v) is 45.0. The smallest absolute Gasteiger partial charge is 0.336 e. The Kier molecular flexibility index (Phi) is 18.1. The third kappa shape index (κ3) is 14.7. The Morgan fingerprint density at radius 2 is 0.987 bits per heavy atom. The molecule has 0 fully saturated rings. The van der Waals surface area contributed by atoms with Gasteiger partial charge in [0, 0.05) is 58.6 Å². The van der Waals surface area contributed by atoms with Crippen molar-refractivity contribution in [2.24, 2.45) is 14.1 Å². The van der Waals surface area contributed by atoms with E-state index in [1.54, 1.807) is 36.4 Å². The average molecular weight is 1140 g/mol. The fourth-order valence-corrected chi connectivity index (χ4v) is 9.27. The predicted octanol–water partition coefficient (Wildman–Crippen LogP) is 17.3. The molecule has 0 saturated heterocycles. The number of rotatable bonds is 17. The van der Waals surface area contributed by atoms with Crippen LogP contribution in [0.1, 0.15) is 52.4 Å². The van der Waals surface area contributed by atoms with Crippen LogP contribution in [0.2, 0.25) is 20.1 Å². The number of ether oxygens (including phenoxy) is 2. The molecule has 0 amide bonds. The number of carboxylic acids is 2. The van der Waals surface area contributed by atoms with Gasteiger partial charge in [-0.2, -0.15) is 0 Å². The number of aromatic carboxylic acids is 1. The number of unbranched alkanes of at least 4 members (excludes halogenated alkanes) is 1. The Labute approximate surface area is 462 Å². The number of aliphatic carboxylic acids is 1. The van der Waals surface area contributed by atoms with Gasteiger partial charge in [-0.25, -0.2) is 14.8 Å². The summed E-state index contributed by atoms with van der Waals surface area (Å²) in [4.78, 5) is 31.2. The molecule has 15 heteroatoms. The van der Waals surface area contributed by atoms with Gasteiger partial charge in [0.05, 0.1) is 33.6 Å². The quantitative estimate of drug-likeness (QED) is 0.0863. The molecule has 0 saturated carbocycles. The highest BCUT2D eigenvalue weighted by Crippen LogP contribution is 2.33. The minimum absolute atomic E-state index is 0.175. The van der Waals surface area contributed by atoms with Gasteiger partial charge in [0.2, 0.25) is 0 Å². The molecule has 9 aromatic rings. The Morgan fingerprint density at radius 3 is 1.41 bits per heavy atom. The van der Waals surface area contributed by atoms with Crippen molar-refractivity contribution in [3.05, 3.63) is 217 Å². The van der Waals surface area contributed by atoms with Crippen LogP contribution in [0.3, 0.4) is 0 Å². The summed E-state index contributed by atoms with van der Waals surface area (Å²) in [5, 5.41) is 20.2. The first-order chi connectivity index (χ1) is 36.1. The maximum atomic E-state index is 11.2. The number of aromatic nitrogens is 4. The standard InChI is InChI=1S/C31H21BrCl2N2O3.C29H26Cl2N2O3/c1-36-18-29(26-13-9-22(33)16-28(26)34)35-30(36)15-4-19-2-5-20(6-3-19)21-7-10-23(11-8-21)39-24-12-14-25(31(37)38)27(32)17-24;1-33-19-27(25-15-12-23(30)18-26(25)31)32-28(33)16-7-20-5-8-21(9-6-20)22-10-13-24(14-11-22)36-17-3-2-4-29(34)35/h2-18H,1H3,(H,37,38);5-16,18-19H,2-4,17H2,1H3,(H,34,35). The number of halogens is 5. The van der Waals surface area contributed by atoms with E-state index in [9.17, 15) is 9.59 Å². The van der Waals surface area contributed by atoms with E-state index in [4.69, 9.17) is 76.1 Å². The van der Waals surface area contributed by atoms with Crippen LogP contribution in [0.5, 0.6) is 17.2 Å². The van der Waals surface area contributed by atoms with E-state index >= 15 is 0 Å². The molecule has 2 aromatic heterocycles. The zero-order valence-electron chi connectivity index (χ0n) is 40.4. The van der Waals surface area contributed by atoms with Crippen molar-refractivity contribution >= 4 is 98.6 Å². The maximum absolute atomic E-state index is 11.2. The number of benzene rings is 7. The summed E-state index contributed by atoms with van der Waals surface area (Å²) in [6.07, 6.45) is 13.4. The second-order valence-corrected chi connectivity index (χ2v) is 19.7. The van der Waals surface area contributed by atoms with Gasteiger partial charge in [-0.3, -0.25) is 4.79 Å². The molecular weight excluding hydrogens is 1090 g/mol. The molecule has 0 bridgehead atoms. The first-order valence-corrected chi connectivity index (χ1v) is 25.8. The van der Waals surface area contributed by atoms with Crippen LogP contribution in [0.15, 0.2) is 169 Å². The highest BCUT2D eigenvalue weighted by Gasteiger charge is 2.13. The predicted molar refractivity (Wildman–Crippen MR) is 307 cm³/mol. The molecule has 0 spiro atoms. The first-order valence-electron chi connectivity index (χ1n) is 23.5. The van der Waals surface area contributed by atoms with Gasteiger partial charge in [-0.1, -0.05) is 131 Å². The molecule has 0 atom stereocenters. The van der Waals surface area contributed by atoms with Gasteiger partial charge in [0.25, 0.3) is 0 Å². The normalized spacial score (nSPS) is 11.2. The molecule has 378 valence electrons. The summed E-state index contributed by atoms with van der Waals surface area (Å²) in [5.41, 5.74) is 9.87. The fourth-order valence-electron chi connectivity index (χ4n) is 7.74. The van der Waals surface area contributed by atoms with Crippen molar-refractivity contribution in [3.8, 4) is 62.0 Å². The van der Waals surface area contributed by atoms with Crippen LogP contribution in [0, 0.1) is 0 Å². The summed E-state index contributed by atoms with van der Waals surface area (Å²) in [7, 11) is 3.90. The highest BCUT2D eigenvalue weighted by atomic mass is 79.9. The third-order valence-electron chi connectivity index (χ3n) is 11.7. The minimum Gasteiger partial charge on any atom is -0.494 e. The Morgan fingerprint density at radius 1 is 0.547 bits per heavy atom. The third-order valence-corrected chi connectivity index (χ3v) is 13.5. The molecule has 0 radical (unpaired) electrons. The van der Waals surface area contributed by atoms with Crippen LogP contribution in [0.4, 0.5) is 0 Å². The van der Waals surface area contributed by atoms with Gasteiger partial charge in [-0.15, -0.1) is 0 Å². The molecule has 0 aliphatic heterocycles. The van der Waals surface area contributed by atoms with Crippen molar-refractivity contribution in [2.75, 3.05) is 6.61 Å². The van der Waals surface area contributed by atoms with Gasteiger partial charge in [0.15, 0.2) is 0 Å². The van der Waals surface area contributed by atoms with E-state index in [1.165, 1.54) is 6.07 Å². The summed E-state index contributed by atoms with van der Waals surface area (Å²) in [6.45, 7) is 0.512. The first kappa shape index (κ1) is 53.9. The van der Waals surface area contributed by atoms with E-state index < -0.39 is 11.9 Å². The Balaban J connectivity index is 0.000000200. The van der Waals surface area contributed by atoms with Crippen molar-refractivity contribution in [2.45, 2.75) is 19.3 Å². The summed E-state index contributed by atoms with van der Waals surface area (Å²) >= 11 is 28.0. The fraction of sp³-hybridized carbons (Fsp3) is 0.100. The highest BCUT2D eigenvalue weighted by molar-refractivity contribution is 9.10. The van der Waals surface area contributed by atoms with Crippen molar-refractivity contribution in [1.29, 1.82) is 0 Å². The van der Waals surface area contributed by atoms with E-state index in [0.29, 0.717) is 49.1 Å². The van der Waals surface area contributed by atoms with E-state index in [1.807, 2.05) is 121 Å². The van der Waals surface area contributed by atoms with Gasteiger partial charge in [-0.05, 0) is 153 Å². The summed E-state index contributed by atoms with van der Waals surface area (Å²) in [5.74, 6) is 1.84. The molecule has 9 rings (SSSR count). The maximum Gasteiger partial charge on any atom is 0.336 e. The molecule has 10 nitrogen and oxygen atoms in total. The number of imidazole rings is 2. The second kappa shape index (κ2) is 25.2. The van der Waals surface area contributed by atoms with Gasteiger partial charge in [0.1, 0.15) is 28.9 Å². The number of carboxylic acid groups (broad SMARTS) is 2. The van der Waals surface area contributed by atoms with E-state index in [2.05, 4.69) is 64.5 Å². The van der Waals surface area contributed by atoms with Crippen LogP contribution < -0.4 is 9.47 Å². The van der Waals surface area contributed by atoms with Gasteiger partial charge < -0.3 is 28.8 Å². The summed E-state index contributed by atoms with van der Waals surface area (Å²) in [6, 6.07) is 47.8. The number of hydrogen-bond acceptors (Lipinski definition) is 6. The lowest BCUT2D eigenvalue weighted by Gasteiger charge is -2.09. The van der Waals surface area contributed by atoms with Crippen molar-refractivity contribution < 1.29 is 29.3 Å². The zero-order chi connectivity index (χ0) is 53.0. The topological polar surface area (TPSA) is 129 Å². The molecule has 7 aromatic carbocycles. The SMILES string of the molecule is Cn1cc(-c2ccc(Cl)cc2Cl)nc1C=Cc1ccc(-c2ccc(OCCCCC(=O)O)cc2)cc1.Cn1cc(-c2ccc(Cl)cc2Cl)nc1C=Cc1ccc(-c2ccc(Oc3ccc(C(=O)O)c(Br)c3)cc2)cc1. The van der Waals surface area contributed by atoms with Gasteiger partial charge >= 0.3 is 11.9 Å².